The van der Waals surface area contributed by atoms with Gasteiger partial charge in [0.25, 0.3) is 0 Å². The lowest BCUT2D eigenvalue weighted by molar-refractivity contribution is 0.00637. The minimum Gasteiger partial charge on any atom is -0.423 e. The van der Waals surface area contributed by atoms with Crippen LogP contribution in [-0.2, 0) is 10.3 Å². The molecule has 0 aliphatic heterocycles. The lowest BCUT2D eigenvalue weighted by Crippen LogP contribution is -2.27. The first kappa shape index (κ1) is 19.2. The molecule has 3 nitrogen and oxygen atoms in total. The molecule has 4 aromatic rings. The normalized spacial score (nSPS) is 12.0. The molecule has 0 spiro atoms. The van der Waals surface area contributed by atoms with E-state index in [1.165, 1.54) is 15.0 Å². The van der Waals surface area contributed by atoms with Crippen LogP contribution in [0.4, 0.5) is 4.79 Å². The number of thiophene rings is 1. The highest BCUT2D eigenvalue weighted by Gasteiger charge is 2.26. The van der Waals surface area contributed by atoms with Gasteiger partial charge >= 0.3 is 6.16 Å². The van der Waals surface area contributed by atoms with E-state index in [0.717, 1.165) is 11.1 Å². The third kappa shape index (κ3) is 4.17. The van der Waals surface area contributed by atoms with Crippen LogP contribution >= 0.6 is 10.5 Å². The third-order valence-electron chi connectivity index (χ3n) is 4.90. The summed E-state index contributed by atoms with van der Waals surface area (Å²) in [6, 6.07) is 26.1. The summed E-state index contributed by atoms with van der Waals surface area (Å²) in [5.41, 5.74) is 1.31. The Morgan fingerprint density at radius 1 is 0.862 bits per heavy atom. The van der Waals surface area contributed by atoms with Gasteiger partial charge in [-0.3, -0.25) is 0 Å². The van der Waals surface area contributed by atoms with Gasteiger partial charge in [-0.05, 0) is 50.6 Å². The van der Waals surface area contributed by atoms with E-state index in [-0.39, 0.29) is 10.5 Å². The fraction of sp³-hybridized carbons (Fsp3) is 0.160. The molecule has 1 aromatic heterocycles. The van der Waals surface area contributed by atoms with Gasteiger partial charge in [0.2, 0.25) is 0 Å². The Morgan fingerprint density at radius 3 is 2.28 bits per heavy atom. The average Bonchev–Trinajstić information content (AvgIpc) is 3.12. The second-order valence-corrected chi connectivity index (χ2v) is 9.34. The Bertz CT molecular complexity index is 1140. The number of fused-ring (bicyclic) bond motifs is 1. The van der Waals surface area contributed by atoms with Gasteiger partial charge in [-0.1, -0.05) is 42.0 Å². The Morgan fingerprint density at radius 2 is 1.55 bits per heavy atom. The molecule has 0 amide bonds. The summed E-state index contributed by atoms with van der Waals surface area (Å²) < 4.78 is 12.3. The van der Waals surface area contributed by atoms with E-state index in [1.54, 1.807) is 0 Å². The van der Waals surface area contributed by atoms with E-state index < -0.39 is 11.8 Å². The monoisotopic (exact) mass is 403 g/mol. The van der Waals surface area contributed by atoms with Crippen LogP contribution in [0.2, 0.25) is 0 Å². The number of carbonyl (C=O) groups is 1. The van der Waals surface area contributed by atoms with Gasteiger partial charge in [-0.15, -0.1) is 0 Å². The van der Waals surface area contributed by atoms with E-state index in [9.17, 15) is 4.79 Å². The van der Waals surface area contributed by atoms with E-state index >= 15 is 0 Å². The number of ether oxygens (including phenoxy) is 2. The lowest BCUT2D eigenvalue weighted by atomic mass is 9.97. The van der Waals surface area contributed by atoms with Crippen LogP contribution in [0.1, 0.15) is 25.0 Å². The maximum absolute atomic E-state index is 12.3. The Balaban J connectivity index is 1.46. The first-order valence-electron chi connectivity index (χ1n) is 9.51. The minimum atomic E-state index is -0.773. The summed E-state index contributed by atoms with van der Waals surface area (Å²) >= 11 is 0. The van der Waals surface area contributed by atoms with Gasteiger partial charge in [0.1, 0.15) is 16.7 Å². The molecule has 1 unspecified atom stereocenters. The SMILES string of the molecule is Cc1ccc(C(C)(C)OC(=O)Oc2ccc(-[s+]3ccc4ccccc43)cc2)cc1. The molecule has 0 radical (unpaired) electrons. The smallest absolute Gasteiger partial charge is 0.423 e. The fourth-order valence-corrected chi connectivity index (χ4v) is 5.12. The molecule has 0 aliphatic carbocycles. The first-order valence-corrected chi connectivity index (χ1v) is 10.8. The van der Waals surface area contributed by atoms with Gasteiger partial charge in [0.05, 0.1) is 0 Å². The van der Waals surface area contributed by atoms with Crippen molar-refractivity contribution in [1.82, 2.24) is 0 Å². The van der Waals surface area contributed by atoms with Crippen molar-refractivity contribution in [2.75, 3.05) is 0 Å². The number of aryl methyl sites for hydroxylation is 1. The van der Waals surface area contributed by atoms with Crippen LogP contribution in [0, 0.1) is 6.92 Å². The highest BCUT2D eigenvalue weighted by atomic mass is 32.2. The van der Waals surface area contributed by atoms with Crippen LogP contribution in [-0.4, -0.2) is 6.16 Å². The van der Waals surface area contributed by atoms with Gasteiger partial charge in [0, 0.05) is 34.1 Å². The van der Waals surface area contributed by atoms with E-state index in [1.807, 2.05) is 69.3 Å². The van der Waals surface area contributed by atoms with Gasteiger partial charge < -0.3 is 9.47 Å². The predicted molar refractivity (Wildman–Crippen MR) is 119 cm³/mol. The van der Waals surface area contributed by atoms with Crippen molar-refractivity contribution in [3.63, 3.8) is 0 Å². The molecule has 0 saturated carbocycles. The summed E-state index contributed by atoms with van der Waals surface area (Å²) in [7, 11) is -0.0816. The summed E-state index contributed by atoms with van der Waals surface area (Å²) in [6.07, 6.45) is -0.711. The number of carbonyl (C=O) groups excluding carboxylic acids is 1. The second kappa shape index (κ2) is 7.72. The molecular weight excluding hydrogens is 380 g/mol. The van der Waals surface area contributed by atoms with Crippen molar-refractivity contribution in [2.45, 2.75) is 26.4 Å². The van der Waals surface area contributed by atoms with E-state index in [4.69, 9.17) is 9.47 Å². The Kier molecular flexibility index (Phi) is 5.12. The highest BCUT2D eigenvalue weighted by molar-refractivity contribution is 7.43. The molecule has 29 heavy (non-hydrogen) atoms. The van der Waals surface area contributed by atoms with Crippen molar-refractivity contribution in [3.05, 3.63) is 95.4 Å². The molecule has 146 valence electrons. The average molecular weight is 404 g/mol. The maximum atomic E-state index is 12.3. The summed E-state index contributed by atoms with van der Waals surface area (Å²) in [6.45, 7) is 5.73. The molecule has 0 fully saturated rings. The number of benzene rings is 3. The minimum absolute atomic E-state index is 0.0816. The standard InChI is InChI=1S/C25H23O3S/c1-18-8-10-20(11-9-18)25(2,3)28-24(26)27-21-12-14-22(15-13-21)29-17-16-19-6-4-5-7-23(19)29/h4-17H,1-3H3/q+1. The van der Waals surface area contributed by atoms with Crippen LogP contribution in [0.25, 0.3) is 15.0 Å². The number of rotatable bonds is 4. The van der Waals surface area contributed by atoms with Crippen LogP contribution in [0.3, 0.4) is 0 Å². The second-order valence-electron chi connectivity index (χ2n) is 7.48. The molecule has 1 atom stereocenters. The predicted octanol–water partition coefficient (Wildman–Crippen LogP) is 7.34. The zero-order chi connectivity index (χ0) is 20.4. The summed E-state index contributed by atoms with van der Waals surface area (Å²) in [5, 5.41) is 3.48. The molecule has 0 bridgehead atoms. The quantitative estimate of drug-likeness (QED) is 0.203. The van der Waals surface area contributed by atoms with Crippen molar-refractivity contribution >= 4 is 26.7 Å². The Labute approximate surface area is 173 Å². The van der Waals surface area contributed by atoms with E-state index in [2.05, 4.69) is 35.7 Å². The molecule has 0 aliphatic rings. The number of hydrogen-bond donors (Lipinski definition) is 0. The van der Waals surface area contributed by atoms with Crippen molar-refractivity contribution in [1.29, 1.82) is 0 Å². The lowest BCUT2D eigenvalue weighted by Gasteiger charge is -2.25. The molecule has 0 saturated heterocycles. The van der Waals surface area contributed by atoms with Gasteiger partial charge in [0.15, 0.2) is 9.60 Å². The molecule has 0 N–H and O–H groups in total. The summed E-state index contributed by atoms with van der Waals surface area (Å²) in [5.74, 6) is 0.471. The number of hydrogen-bond acceptors (Lipinski definition) is 3. The van der Waals surface area contributed by atoms with Crippen LogP contribution in [0.15, 0.2) is 84.2 Å². The first-order chi connectivity index (χ1) is 13.9. The van der Waals surface area contributed by atoms with Crippen molar-refractivity contribution in [2.24, 2.45) is 0 Å². The highest BCUT2D eigenvalue weighted by Crippen LogP contribution is 2.40. The zero-order valence-electron chi connectivity index (χ0n) is 16.7. The molecular formula is C25H23O3S+. The molecule has 4 rings (SSSR count). The van der Waals surface area contributed by atoms with Crippen LogP contribution < -0.4 is 4.74 Å². The topological polar surface area (TPSA) is 35.5 Å². The molecule has 4 heteroatoms. The molecule has 3 aromatic carbocycles. The van der Waals surface area contributed by atoms with Gasteiger partial charge in [-0.2, -0.15) is 0 Å². The molecule has 1 heterocycles. The van der Waals surface area contributed by atoms with Crippen LogP contribution in [0.5, 0.6) is 5.75 Å². The van der Waals surface area contributed by atoms with E-state index in [0.29, 0.717) is 5.75 Å². The van der Waals surface area contributed by atoms with Gasteiger partial charge in [-0.25, -0.2) is 4.79 Å². The maximum Gasteiger partial charge on any atom is 0.514 e. The Hall–Kier alpha value is -3.11. The zero-order valence-corrected chi connectivity index (χ0v) is 17.5. The van der Waals surface area contributed by atoms with Crippen molar-refractivity contribution < 1.29 is 14.3 Å². The fourth-order valence-electron chi connectivity index (χ4n) is 3.23. The third-order valence-corrected chi connectivity index (χ3v) is 6.94. The summed E-state index contributed by atoms with van der Waals surface area (Å²) in [4.78, 5) is 13.5. The largest absolute Gasteiger partial charge is 0.514 e. The van der Waals surface area contributed by atoms with Crippen molar-refractivity contribution in [3.8, 4) is 10.6 Å².